The lowest BCUT2D eigenvalue weighted by atomic mass is 10.2. The maximum absolute atomic E-state index is 13.1. The predicted molar refractivity (Wildman–Crippen MR) is 76.0 cm³/mol. The van der Waals surface area contributed by atoms with E-state index in [1.54, 1.807) is 44.6 Å². The van der Waals surface area contributed by atoms with Crippen LogP contribution in [-0.2, 0) is 6.54 Å². The molecule has 0 aliphatic carbocycles. The van der Waals surface area contributed by atoms with Gasteiger partial charge in [0.05, 0.1) is 5.56 Å². The molecule has 1 aromatic heterocycles. The second-order valence-corrected chi connectivity index (χ2v) is 4.44. The molecule has 1 heterocycles. The van der Waals surface area contributed by atoms with Gasteiger partial charge in [-0.3, -0.25) is 4.79 Å². The van der Waals surface area contributed by atoms with Crippen molar-refractivity contribution in [1.82, 2.24) is 9.88 Å². The van der Waals surface area contributed by atoms with Gasteiger partial charge >= 0.3 is 0 Å². The zero-order valence-electron chi connectivity index (χ0n) is 11.4. The Morgan fingerprint density at radius 3 is 2.85 bits per heavy atom. The first-order valence-electron chi connectivity index (χ1n) is 6.24. The van der Waals surface area contributed by atoms with Gasteiger partial charge in [-0.05, 0) is 29.8 Å². The van der Waals surface area contributed by atoms with Crippen molar-refractivity contribution in [1.29, 1.82) is 0 Å². The average molecular weight is 273 g/mol. The highest BCUT2D eigenvalue weighted by Gasteiger charge is 2.16. The Morgan fingerprint density at radius 2 is 2.15 bits per heavy atom. The van der Waals surface area contributed by atoms with Crippen LogP contribution in [0.25, 0.3) is 0 Å². The second kappa shape index (κ2) is 6.14. The summed E-state index contributed by atoms with van der Waals surface area (Å²) in [6, 6.07) is 9.64. The molecule has 5 heteroatoms. The zero-order chi connectivity index (χ0) is 14.5. The minimum atomic E-state index is -0.305. The third-order valence-corrected chi connectivity index (χ3v) is 2.93. The standard InChI is InChI=1S/C15H16FN3O/c1-17-14-13(7-4-8-18-14)15(20)19(2)10-11-5-3-6-12(16)9-11/h3-9H,10H2,1-2H3,(H,17,18). The second-order valence-electron chi connectivity index (χ2n) is 4.44. The molecule has 104 valence electrons. The largest absolute Gasteiger partial charge is 0.372 e. The van der Waals surface area contributed by atoms with Gasteiger partial charge in [-0.25, -0.2) is 9.37 Å². The van der Waals surface area contributed by atoms with E-state index in [0.29, 0.717) is 17.9 Å². The van der Waals surface area contributed by atoms with Gasteiger partial charge < -0.3 is 10.2 Å². The highest BCUT2D eigenvalue weighted by Crippen LogP contribution is 2.15. The summed E-state index contributed by atoms with van der Waals surface area (Å²) >= 11 is 0. The highest BCUT2D eigenvalue weighted by molar-refractivity contribution is 5.98. The van der Waals surface area contributed by atoms with E-state index in [-0.39, 0.29) is 11.7 Å². The molecule has 0 aliphatic rings. The molecule has 20 heavy (non-hydrogen) atoms. The van der Waals surface area contributed by atoms with Crippen LogP contribution < -0.4 is 5.32 Å². The molecule has 0 atom stereocenters. The number of pyridine rings is 1. The Labute approximate surface area is 117 Å². The van der Waals surface area contributed by atoms with Crippen molar-refractivity contribution in [2.45, 2.75) is 6.54 Å². The number of hydrogen-bond donors (Lipinski definition) is 1. The van der Waals surface area contributed by atoms with E-state index < -0.39 is 0 Å². The van der Waals surface area contributed by atoms with Crippen molar-refractivity contribution in [2.24, 2.45) is 0 Å². The number of anilines is 1. The molecule has 0 aliphatic heterocycles. The number of hydrogen-bond acceptors (Lipinski definition) is 3. The summed E-state index contributed by atoms with van der Waals surface area (Å²) in [6.45, 7) is 0.342. The first-order chi connectivity index (χ1) is 9.61. The van der Waals surface area contributed by atoms with Crippen molar-refractivity contribution < 1.29 is 9.18 Å². The number of aromatic nitrogens is 1. The van der Waals surface area contributed by atoms with E-state index in [2.05, 4.69) is 10.3 Å². The highest BCUT2D eigenvalue weighted by atomic mass is 19.1. The number of rotatable bonds is 4. The fourth-order valence-corrected chi connectivity index (χ4v) is 1.96. The minimum absolute atomic E-state index is 0.160. The Morgan fingerprint density at radius 1 is 1.35 bits per heavy atom. The topological polar surface area (TPSA) is 45.2 Å². The van der Waals surface area contributed by atoms with E-state index in [4.69, 9.17) is 0 Å². The normalized spacial score (nSPS) is 10.2. The van der Waals surface area contributed by atoms with Gasteiger partial charge in [0.2, 0.25) is 0 Å². The first-order valence-corrected chi connectivity index (χ1v) is 6.24. The van der Waals surface area contributed by atoms with Gasteiger partial charge in [-0.15, -0.1) is 0 Å². The smallest absolute Gasteiger partial charge is 0.257 e. The summed E-state index contributed by atoms with van der Waals surface area (Å²) in [5, 5.41) is 2.89. The zero-order valence-corrected chi connectivity index (χ0v) is 11.4. The molecule has 0 unspecified atom stereocenters. The summed E-state index contributed by atoms with van der Waals surface area (Å²) in [5.41, 5.74) is 1.24. The van der Waals surface area contributed by atoms with E-state index in [9.17, 15) is 9.18 Å². The SMILES string of the molecule is CNc1ncccc1C(=O)N(C)Cc1cccc(F)c1. The number of halogens is 1. The maximum atomic E-state index is 13.1. The minimum Gasteiger partial charge on any atom is -0.372 e. The summed E-state index contributed by atoms with van der Waals surface area (Å²) in [6.07, 6.45) is 1.62. The van der Waals surface area contributed by atoms with Crippen LogP contribution in [0.1, 0.15) is 15.9 Å². The fourth-order valence-electron chi connectivity index (χ4n) is 1.96. The number of nitrogens with zero attached hydrogens (tertiary/aromatic N) is 2. The third-order valence-electron chi connectivity index (χ3n) is 2.93. The molecule has 0 bridgehead atoms. The number of carbonyl (C=O) groups is 1. The number of benzene rings is 1. The quantitative estimate of drug-likeness (QED) is 0.931. The van der Waals surface area contributed by atoms with Crippen LogP contribution in [-0.4, -0.2) is 29.9 Å². The summed E-state index contributed by atoms with van der Waals surface area (Å²) < 4.78 is 13.1. The van der Waals surface area contributed by atoms with Crippen molar-refractivity contribution in [2.75, 3.05) is 19.4 Å². The van der Waals surface area contributed by atoms with Crippen LogP contribution in [0.3, 0.4) is 0 Å². The van der Waals surface area contributed by atoms with E-state index in [1.807, 2.05) is 0 Å². The lowest BCUT2D eigenvalue weighted by Gasteiger charge is -2.18. The summed E-state index contributed by atoms with van der Waals surface area (Å²) in [5.74, 6) is 0.0657. The molecule has 0 saturated carbocycles. The number of nitrogens with one attached hydrogen (secondary N) is 1. The molecule has 2 rings (SSSR count). The molecule has 4 nitrogen and oxygen atoms in total. The molecule has 1 aromatic carbocycles. The Balaban J connectivity index is 2.16. The maximum Gasteiger partial charge on any atom is 0.257 e. The molecular weight excluding hydrogens is 257 g/mol. The molecule has 0 spiro atoms. The van der Waals surface area contributed by atoms with Crippen LogP contribution in [0.4, 0.5) is 10.2 Å². The van der Waals surface area contributed by atoms with Gasteiger partial charge in [0.25, 0.3) is 5.91 Å². The van der Waals surface area contributed by atoms with E-state index in [0.717, 1.165) is 5.56 Å². The lowest BCUT2D eigenvalue weighted by Crippen LogP contribution is -2.27. The van der Waals surface area contributed by atoms with Crippen molar-refractivity contribution in [3.05, 3.63) is 59.5 Å². The van der Waals surface area contributed by atoms with Crippen LogP contribution in [0.15, 0.2) is 42.6 Å². The van der Waals surface area contributed by atoms with Crippen LogP contribution >= 0.6 is 0 Å². The number of amides is 1. The predicted octanol–water partition coefficient (Wildman–Crippen LogP) is 2.53. The van der Waals surface area contributed by atoms with Gasteiger partial charge in [-0.2, -0.15) is 0 Å². The van der Waals surface area contributed by atoms with E-state index in [1.165, 1.54) is 17.0 Å². The summed E-state index contributed by atoms with van der Waals surface area (Å²) in [7, 11) is 3.39. The summed E-state index contributed by atoms with van der Waals surface area (Å²) in [4.78, 5) is 18.0. The van der Waals surface area contributed by atoms with Crippen LogP contribution in [0.2, 0.25) is 0 Å². The van der Waals surface area contributed by atoms with Gasteiger partial charge in [0.15, 0.2) is 0 Å². The van der Waals surface area contributed by atoms with Crippen LogP contribution in [0, 0.1) is 5.82 Å². The Kier molecular flexibility index (Phi) is 4.30. The third kappa shape index (κ3) is 3.12. The van der Waals surface area contributed by atoms with Crippen molar-refractivity contribution >= 4 is 11.7 Å². The van der Waals surface area contributed by atoms with Gasteiger partial charge in [0, 0.05) is 26.8 Å². The average Bonchev–Trinajstić information content (AvgIpc) is 2.46. The molecule has 2 aromatic rings. The monoisotopic (exact) mass is 273 g/mol. The van der Waals surface area contributed by atoms with Gasteiger partial charge in [0.1, 0.15) is 11.6 Å². The van der Waals surface area contributed by atoms with Crippen LogP contribution in [0.5, 0.6) is 0 Å². The fraction of sp³-hybridized carbons (Fsp3) is 0.200. The molecule has 1 N–H and O–H groups in total. The molecular formula is C15H16FN3O. The Hall–Kier alpha value is -2.43. The van der Waals surface area contributed by atoms with Gasteiger partial charge in [-0.1, -0.05) is 12.1 Å². The first kappa shape index (κ1) is 14.0. The number of carbonyl (C=O) groups excluding carboxylic acids is 1. The van der Waals surface area contributed by atoms with Crippen molar-refractivity contribution in [3.63, 3.8) is 0 Å². The molecule has 1 amide bonds. The van der Waals surface area contributed by atoms with E-state index >= 15 is 0 Å². The molecule has 0 fully saturated rings. The Bertz CT molecular complexity index is 616. The molecule has 0 saturated heterocycles. The lowest BCUT2D eigenvalue weighted by molar-refractivity contribution is 0.0785. The van der Waals surface area contributed by atoms with Crippen molar-refractivity contribution in [3.8, 4) is 0 Å². The molecule has 0 radical (unpaired) electrons.